The van der Waals surface area contributed by atoms with E-state index in [2.05, 4.69) is 4.98 Å². The zero-order valence-electron chi connectivity index (χ0n) is 14.8. The van der Waals surface area contributed by atoms with Crippen LogP contribution in [0, 0.1) is 0 Å². The molecule has 2 aromatic carbocycles. The van der Waals surface area contributed by atoms with E-state index in [1.165, 1.54) is 0 Å². The lowest BCUT2D eigenvalue weighted by atomic mass is 10.2. The summed E-state index contributed by atoms with van der Waals surface area (Å²) < 4.78 is 15.8. The predicted octanol–water partition coefficient (Wildman–Crippen LogP) is 3.29. The fraction of sp³-hybridized carbons (Fsp3) is 0.190. The molecule has 1 aromatic heterocycles. The van der Waals surface area contributed by atoms with Gasteiger partial charge in [-0.05, 0) is 36.8 Å². The largest absolute Gasteiger partial charge is 0.467 e. The molecule has 6 nitrogen and oxygen atoms in total. The van der Waals surface area contributed by atoms with E-state index in [4.69, 9.17) is 14.2 Å². The third-order valence-corrected chi connectivity index (χ3v) is 3.77. The lowest BCUT2D eigenvalue weighted by molar-refractivity contribution is -0.167. The number of fused-ring (bicyclic) bond motifs is 1. The fourth-order valence-corrected chi connectivity index (χ4v) is 2.48. The molecule has 0 saturated carbocycles. The normalized spacial score (nSPS) is 11.6. The molecule has 6 heteroatoms. The summed E-state index contributed by atoms with van der Waals surface area (Å²) in [6.45, 7) is 1.83. The van der Waals surface area contributed by atoms with Crippen LogP contribution in [0.2, 0.25) is 0 Å². The summed E-state index contributed by atoms with van der Waals surface area (Å²) >= 11 is 0. The molecule has 0 N–H and O–H groups in total. The van der Waals surface area contributed by atoms with E-state index in [1.54, 1.807) is 37.4 Å². The van der Waals surface area contributed by atoms with Crippen molar-refractivity contribution in [3.05, 3.63) is 72.4 Å². The summed E-state index contributed by atoms with van der Waals surface area (Å²) in [6.07, 6.45) is 0.188. The first-order valence-electron chi connectivity index (χ1n) is 8.56. The van der Waals surface area contributed by atoms with Crippen LogP contribution in [0.3, 0.4) is 0 Å². The molecule has 27 heavy (non-hydrogen) atoms. The first kappa shape index (κ1) is 18.4. The van der Waals surface area contributed by atoms with Crippen molar-refractivity contribution in [1.82, 2.24) is 4.98 Å². The molecule has 0 saturated heterocycles. The highest BCUT2D eigenvalue weighted by atomic mass is 16.6. The summed E-state index contributed by atoms with van der Waals surface area (Å²) in [5, 5.41) is 0.829. The SMILES string of the molecule is CCOC(=O)C(Oc1ccc2ncccc2c1)C(=O)OCc1ccccc1. The number of esters is 2. The van der Waals surface area contributed by atoms with E-state index in [0.717, 1.165) is 16.5 Å². The van der Waals surface area contributed by atoms with Crippen LogP contribution in [-0.4, -0.2) is 29.6 Å². The van der Waals surface area contributed by atoms with Crippen molar-refractivity contribution in [2.75, 3.05) is 6.61 Å². The fourth-order valence-electron chi connectivity index (χ4n) is 2.48. The minimum Gasteiger partial charge on any atom is -0.467 e. The quantitative estimate of drug-likeness (QED) is 0.472. The Kier molecular flexibility index (Phi) is 5.99. The maximum atomic E-state index is 12.4. The van der Waals surface area contributed by atoms with Crippen LogP contribution in [0.1, 0.15) is 12.5 Å². The van der Waals surface area contributed by atoms with Gasteiger partial charge in [-0.3, -0.25) is 4.98 Å². The number of ether oxygens (including phenoxy) is 3. The van der Waals surface area contributed by atoms with Crippen molar-refractivity contribution in [1.29, 1.82) is 0 Å². The van der Waals surface area contributed by atoms with E-state index >= 15 is 0 Å². The maximum Gasteiger partial charge on any atom is 0.359 e. The molecule has 3 aromatic rings. The summed E-state index contributed by atoms with van der Waals surface area (Å²) in [5.41, 5.74) is 1.59. The van der Waals surface area contributed by atoms with Gasteiger partial charge in [-0.25, -0.2) is 9.59 Å². The van der Waals surface area contributed by atoms with E-state index in [0.29, 0.717) is 5.75 Å². The summed E-state index contributed by atoms with van der Waals surface area (Å²) in [6, 6.07) is 18.0. The average molecular weight is 365 g/mol. The highest BCUT2D eigenvalue weighted by Crippen LogP contribution is 2.21. The lowest BCUT2D eigenvalue weighted by Gasteiger charge is -2.17. The van der Waals surface area contributed by atoms with Gasteiger partial charge in [0.2, 0.25) is 0 Å². The molecular weight excluding hydrogens is 346 g/mol. The molecule has 138 valence electrons. The molecule has 0 aliphatic heterocycles. The first-order chi connectivity index (χ1) is 13.2. The highest BCUT2D eigenvalue weighted by molar-refractivity contribution is 5.98. The van der Waals surface area contributed by atoms with Gasteiger partial charge in [0, 0.05) is 11.6 Å². The second kappa shape index (κ2) is 8.80. The van der Waals surface area contributed by atoms with Gasteiger partial charge < -0.3 is 14.2 Å². The van der Waals surface area contributed by atoms with Gasteiger partial charge in [-0.15, -0.1) is 0 Å². The van der Waals surface area contributed by atoms with Crippen LogP contribution in [-0.2, 0) is 25.7 Å². The molecule has 1 unspecified atom stereocenters. The van der Waals surface area contributed by atoms with Crippen LogP contribution in [0.4, 0.5) is 0 Å². The predicted molar refractivity (Wildman–Crippen MR) is 99.0 cm³/mol. The van der Waals surface area contributed by atoms with Gasteiger partial charge in [0.05, 0.1) is 12.1 Å². The molecule has 0 radical (unpaired) electrons. The standard InChI is InChI=1S/C21H19NO5/c1-2-25-20(23)19(21(24)26-14-15-7-4-3-5-8-15)27-17-10-11-18-16(13-17)9-6-12-22-18/h3-13,19H,2,14H2,1H3. The van der Waals surface area contributed by atoms with Crippen LogP contribution in [0.25, 0.3) is 10.9 Å². The minimum absolute atomic E-state index is 0.0422. The smallest absolute Gasteiger partial charge is 0.359 e. The Bertz CT molecular complexity index is 926. The highest BCUT2D eigenvalue weighted by Gasteiger charge is 2.32. The Balaban J connectivity index is 1.75. The van der Waals surface area contributed by atoms with Crippen molar-refractivity contribution in [2.24, 2.45) is 0 Å². The molecule has 1 atom stereocenters. The summed E-state index contributed by atoms with van der Waals surface area (Å²) in [7, 11) is 0. The minimum atomic E-state index is -1.50. The number of nitrogens with zero attached hydrogens (tertiary/aromatic N) is 1. The van der Waals surface area contributed by atoms with Crippen LogP contribution < -0.4 is 4.74 Å². The van der Waals surface area contributed by atoms with Crippen molar-refractivity contribution < 1.29 is 23.8 Å². The number of carbonyl (C=O) groups excluding carboxylic acids is 2. The summed E-state index contributed by atoms with van der Waals surface area (Å²) in [4.78, 5) is 28.9. The Morgan fingerprint density at radius 3 is 2.52 bits per heavy atom. The van der Waals surface area contributed by atoms with Crippen molar-refractivity contribution in [3.63, 3.8) is 0 Å². The number of pyridine rings is 1. The molecule has 3 rings (SSSR count). The summed E-state index contributed by atoms with van der Waals surface area (Å²) in [5.74, 6) is -1.24. The van der Waals surface area contributed by atoms with E-state index in [9.17, 15) is 9.59 Å². The molecule has 0 aliphatic rings. The zero-order valence-corrected chi connectivity index (χ0v) is 14.8. The molecule has 0 fully saturated rings. The molecule has 0 aliphatic carbocycles. The van der Waals surface area contributed by atoms with Crippen LogP contribution in [0.5, 0.6) is 5.75 Å². The molecule has 0 bridgehead atoms. The zero-order chi connectivity index (χ0) is 19.1. The monoisotopic (exact) mass is 365 g/mol. The van der Waals surface area contributed by atoms with Crippen LogP contribution >= 0.6 is 0 Å². The molecule has 0 amide bonds. The first-order valence-corrected chi connectivity index (χ1v) is 8.56. The van der Waals surface area contributed by atoms with Crippen LogP contribution in [0.15, 0.2) is 66.9 Å². The van der Waals surface area contributed by atoms with E-state index < -0.39 is 18.0 Å². The van der Waals surface area contributed by atoms with E-state index in [1.807, 2.05) is 36.4 Å². The Morgan fingerprint density at radius 1 is 0.963 bits per heavy atom. The number of hydrogen-bond donors (Lipinski definition) is 0. The average Bonchev–Trinajstić information content (AvgIpc) is 2.71. The number of carbonyl (C=O) groups is 2. The third kappa shape index (κ3) is 4.82. The van der Waals surface area contributed by atoms with Crippen molar-refractivity contribution in [2.45, 2.75) is 19.6 Å². The molecule has 1 heterocycles. The molecular formula is C21H19NO5. The molecule has 0 spiro atoms. The second-order valence-corrected chi connectivity index (χ2v) is 5.70. The van der Waals surface area contributed by atoms with Crippen molar-refractivity contribution >= 4 is 22.8 Å². The number of rotatable bonds is 7. The van der Waals surface area contributed by atoms with Gasteiger partial charge in [0.25, 0.3) is 6.10 Å². The number of hydrogen-bond acceptors (Lipinski definition) is 6. The number of aromatic nitrogens is 1. The van der Waals surface area contributed by atoms with Gasteiger partial charge >= 0.3 is 11.9 Å². The number of benzene rings is 2. The van der Waals surface area contributed by atoms with Gasteiger partial charge in [0.1, 0.15) is 12.4 Å². The maximum absolute atomic E-state index is 12.4. The third-order valence-electron chi connectivity index (χ3n) is 3.77. The second-order valence-electron chi connectivity index (χ2n) is 5.70. The van der Waals surface area contributed by atoms with Gasteiger partial charge in [0.15, 0.2) is 0 Å². The Labute approximate surface area is 156 Å². The Morgan fingerprint density at radius 2 is 1.74 bits per heavy atom. The van der Waals surface area contributed by atoms with Crippen molar-refractivity contribution in [3.8, 4) is 5.75 Å². The van der Waals surface area contributed by atoms with Gasteiger partial charge in [-0.2, -0.15) is 0 Å². The lowest BCUT2D eigenvalue weighted by Crippen LogP contribution is -2.38. The Hall–Kier alpha value is -3.41. The van der Waals surface area contributed by atoms with Gasteiger partial charge in [-0.1, -0.05) is 36.4 Å². The van der Waals surface area contributed by atoms with E-state index in [-0.39, 0.29) is 13.2 Å². The topological polar surface area (TPSA) is 74.7 Å².